The van der Waals surface area contributed by atoms with Gasteiger partial charge in [-0.1, -0.05) is 13.8 Å². The Morgan fingerprint density at radius 1 is 1.67 bits per heavy atom. The zero-order valence-electron chi connectivity index (χ0n) is 7.71. The third-order valence-corrected chi connectivity index (χ3v) is 2.07. The van der Waals surface area contributed by atoms with E-state index in [1.165, 1.54) is 0 Å². The van der Waals surface area contributed by atoms with Crippen LogP contribution in [0.3, 0.4) is 0 Å². The summed E-state index contributed by atoms with van der Waals surface area (Å²) in [5.74, 6) is 0. The Morgan fingerprint density at radius 3 is 2.75 bits per heavy atom. The molecule has 1 saturated heterocycles. The zero-order chi connectivity index (χ0) is 9.14. The molecule has 0 aromatic carbocycles. The van der Waals surface area contributed by atoms with E-state index in [1.807, 2.05) is 0 Å². The first-order chi connectivity index (χ1) is 5.59. The van der Waals surface area contributed by atoms with Gasteiger partial charge < -0.3 is 16.0 Å². The van der Waals surface area contributed by atoms with Crippen LogP contribution in [-0.4, -0.2) is 36.1 Å². The van der Waals surface area contributed by atoms with Crippen LogP contribution in [0, 0.1) is 0 Å². The Bertz CT molecular complexity index is 170. The van der Waals surface area contributed by atoms with Crippen LogP contribution in [-0.2, 0) is 0 Å². The smallest absolute Gasteiger partial charge is 0.314 e. The summed E-state index contributed by atoms with van der Waals surface area (Å²) in [5, 5.41) is 3.38. The van der Waals surface area contributed by atoms with Gasteiger partial charge >= 0.3 is 6.03 Å². The molecule has 1 heterocycles. The zero-order valence-corrected chi connectivity index (χ0v) is 7.71. The number of primary amides is 1. The van der Waals surface area contributed by atoms with Crippen molar-refractivity contribution < 1.29 is 4.79 Å². The van der Waals surface area contributed by atoms with Crippen LogP contribution in [0.4, 0.5) is 4.79 Å². The summed E-state index contributed by atoms with van der Waals surface area (Å²) in [7, 11) is 0. The van der Waals surface area contributed by atoms with Crippen LogP contribution in [0.5, 0.6) is 0 Å². The summed E-state index contributed by atoms with van der Waals surface area (Å²) in [6.07, 6.45) is 1.02. The minimum Gasteiger partial charge on any atom is -0.351 e. The molecule has 0 aromatic rings. The van der Waals surface area contributed by atoms with Crippen molar-refractivity contribution in [3.8, 4) is 0 Å². The lowest BCUT2D eigenvalue weighted by atomic mass is 10.2. The van der Waals surface area contributed by atoms with Gasteiger partial charge in [-0.25, -0.2) is 4.79 Å². The van der Waals surface area contributed by atoms with E-state index in [0.717, 1.165) is 19.5 Å². The van der Waals surface area contributed by atoms with E-state index in [0.29, 0.717) is 12.1 Å². The summed E-state index contributed by atoms with van der Waals surface area (Å²) in [5.41, 5.74) is 5.15. The highest BCUT2D eigenvalue weighted by molar-refractivity contribution is 5.72. The largest absolute Gasteiger partial charge is 0.351 e. The van der Waals surface area contributed by atoms with E-state index in [9.17, 15) is 4.79 Å². The summed E-state index contributed by atoms with van der Waals surface area (Å²) < 4.78 is 0. The van der Waals surface area contributed by atoms with Crippen molar-refractivity contribution in [3.05, 3.63) is 0 Å². The van der Waals surface area contributed by atoms with Gasteiger partial charge in [0.25, 0.3) is 0 Å². The van der Waals surface area contributed by atoms with Gasteiger partial charge in [0.2, 0.25) is 0 Å². The van der Waals surface area contributed by atoms with Crippen molar-refractivity contribution >= 4 is 6.03 Å². The van der Waals surface area contributed by atoms with Crippen LogP contribution in [0.1, 0.15) is 20.3 Å². The first-order valence-corrected chi connectivity index (χ1v) is 4.40. The Kier molecular flexibility index (Phi) is 2.92. The van der Waals surface area contributed by atoms with Crippen molar-refractivity contribution in [1.82, 2.24) is 10.2 Å². The van der Waals surface area contributed by atoms with Crippen molar-refractivity contribution in [2.75, 3.05) is 13.1 Å². The maximum atomic E-state index is 10.8. The number of amides is 2. The van der Waals surface area contributed by atoms with Crippen molar-refractivity contribution in [1.29, 1.82) is 0 Å². The fourth-order valence-corrected chi connectivity index (χ4v) is 1.57. The third-order valence-electron chi connectivity index (χ3n) is 2.07. The molecule has 2 amide bonds. The molecular weight excluding hydrogens is 154 g/mol. The Labute approximate surface area is 73.1 Å². The SMILES string of the molecule is CC(C)N[C@H]1CCN(C(N)=O)C1. The van der Waals surface area contributed by atoms with Crippen molar-refractivity contribution in [3.63, 3.8) is 0 Å². The number of rotatable bonds is 2. The van der Waals surface area contributed by atoms with E-state index >= 15 is 0 Å². The number of urea groups is 1. The van der Waals surface area contributed by atoms with Crippen LogP contribution < -0.4 is 11.1 Å². The van der Waals surface area contributed by atoms with E-state index in [2.05, 4.69) is 19.2 Å². The average Bonchev–Trinajstić information content (AvgIpc) is 2.34. The molecule has 1 aliphatic rings. The fourth-order valence-electron chi connectivity index (χ4n) is 1.57. The number of nitrogens with zero attached hydrogens (tertiary/aromatic N) is 1. The molecule has 0 aromatic heterocycles. The highest BCUT2D eigenvalue weighted by atomic mass is 16.2. The van der Waals surface area contributed by atoms with Gasteiger partial charge in [-0.2, -0.15) is 0 Å². The van der Waals surface area contributed by atoms with Crippen molar-refractivity contribution in [2.24, 2.45) is 5.73 Å². The normalized spacial score (nSPS) is 23.6. The topological polar surface area (TPSA) is 58.4 Å². The Hall–Kier alpha value is -0.770. The molecule has 12 heavy (non-hydrogen) atoms. The molecule has 70 valence electrons. The number of nitrogens with two attached hydrogens (primary N) is 1. The average molecular weight is 171 g/mol. The number of hydrogen-bond acceptors (Lipinski definition) is 2. The number of carbonyl (C=O) groups is 1. The predicted octanol–water partition coefficient (Wildman–Crippen LogP) is 0.137. The second-order valence-corrected chi connectivity index (χ2v) is 3.59. The molecule has 4 heteroatoms. The molecule has 4 nitrogen and oxygen atoms in total. The van der Waals surface area contributed by atoms with Gasteiger partial charge in [0.05, 0.1) is 0 Å². The maximum absolute atomic E-state index is 10.8. The quantitative estimate of drug-likeness (QED) is 0.620. The lowest BCUT2D eigenvalue weighted by Crippen LogP contribution is -2.40. The molecule has 1 atom stereocenters. The molecular formula is C8H17N3O. The van der Waals surface area contributed by atoms with E-state index in [4.69, 9.17) is 5.73 Å². The highest BCUT2D eigenvalue weighted by Crippen LogP contribution is 2.08. The monoisotopic (exact) mass is 171 g/mol. The minimum atomic E-state index is -0.303. The Morgan fingerprint density at radius 2 is 2.33 bits per heavy atom. The molecule has 1 rings (SSSR count). The van der Waals surface area contributed by atoms with Gasteiger partial charge in [-0.3, -0.25) is 0 Å². The van der Waals surface area contributed by atoms with Gasteiger partial charge in [0.1, 0.15) is 0 Å². The van der Waals surface area contributed by atoms with Gasteiger partial charge in [-0.15, -0.1) is 0 Å². The Balaban J connectivity index is 2.30. The summed E-state index contributed by atoms with van der Waals surface area (Å²) >= 11 is 0. The summed E-state index contributed by atoms with van der Waals surface area (Å²) in [6.45, 7) is 5.76. The summed E-state index contributed by atoms with van der Waals surface area (Å²) in [4.78, 5) is 12.4. The summed E-state index contributed by atoms with van der Waals surface area (Å²) in [6, 6.07) is 0.600. The van der Waals surface area contributed by atoms with E-state index in [-0.39, 0.29) is 6.03 Å². The first-order valence-electron chi connectivity index (χ1n) is 4.40. The van der Waals surface area contributed by atoms with Crippen LogP contribution >= 0.6 is 0 Å². The molecule has 1 aliphatic heterocycles. The lowest BCUT2D eigenvalue weighted by molar-refractivity contribution is 0.217. The van der Waals surface area contributed by atoms with Crippen LogP contribution in [0.15, 0.2) is 0 Å². The number of carbonyl (C=O) groups excluding carboxylic acids is 1. The predicted molar refractivity (Wildman–Crippen MR) is 47.8 cm³/mol. The minimum absolute atomic E-state index is 0.303. The maximum Gasteiger partial charge on any atom is 0.314 e. The molecule has 3 N–H and O–H groups in total. The standard InChI is InChI=1S/C8H17N3O/c1-6(2)10-7-3-4-11(5-7)8(9)12/h6-7,10H,3-5H2,1-2H3,(H2,9,12)/t7-/m0/s1. The molecule has 0 saturated carbocycles. The first kappa shape index (κ1) is 9.32. The van der Waals surface area contributed by atoms with Gasteiger partial charge in [0, 0.05) is 25.2 Å². The molecule has 0 unspecified atom stereocenters. The third kappa shape index (κ3) is 2.37. The van der Waals surface area contributed by atoms with Gasteiger partial charge in [-0.05, 0) is 6.42 Å². The van der Waals surface area contributed by atoms with Crippen LogP contribution in [0.25, 0.3) is 0 Å². The molecule has 0 aliphatic carbocycles. The lowest BCUT2D eigenvalue weighted by Gasteiger charge is -2.16. The second kappa shape index (κ2) is 3.76. The molecule has 0 spiro atoms. The molecule has 0 radical (unpaired) electrons. The number of likely N-dealkylation sites (tertiary alicyclic amines) is 1. The highest BCUT2D eigenvalue weighted by Gasteiger charge is 2.24. The van der Waals surface area contributed by atoms with Gasteiger partial charge in [0.15, 0.2) is 0 Å². The fraction of sp³-hybridized carbons (Fsp3) is 0.875. The number of hydrogen-bond donors (Lipinski definition) is 2. The number of nitrogens with one attached hydrogen (secondary N) is 1. The van der Waals surface area contributed by atoms with E-state index in [1.54, 1.807) is 4.90 Å². The van der Waals surface area contributed by atoms with Crippen LogP contribution in [0.2, 0.25) is 0 Å². The second-order valence-electron chi connectivity index (χ2n) is 3.59. The molecule has 0 bridgehead atoms. The van der Waals surface area contributed by atoms with Crippen molar-refractivity contribution in [2.45, 2.75) is 32.4 Å². The van der Waals surface area contributed by atoms with E-state index < -0.39 is 0 Å². The molecule has 1 fully saturated rings.